The highest BCUT2D eigenvalue weighted by Crippen LogP contribution is 2.29. The molecule has 0 saturated carbocycles. The highest BCUT2D eigenvalue weighted by molar-refractivity contribution is 5.96. The second-order valence-electron chi connectivity index (χ2n) is 5.42. The maximum atomic E-state index is 11.1. The molecule has 0 amide bonds. The summed E-state index contributed by atoms with van der Waals surface area (Å²) in [6.07, 6.45) is 3.84. The molecule has 110 valence electrons. The molecule has 6 heteroatoms. The lowest BCUT2D eigenvalue weighted by molar-refractivity contribution is -0.383. The molecule has 0 radical (unpaired) electrons. The van der Waals surface area contributed by atoms with Crippen LogP contribution in [0.25, 0.3) is 10.9 Å². The van der Waals surface area contributed by atoms with Gasteiger partial charge in [-0.2, -0.15) is 0 Å². The Balaban J connectivity index is 1.99. The monoisotopic (exact) mass is 286 g/mol. The lowest BCUT2D eigenvalue weighted by Gasteiger charge is -2.31. The van der Waals surface area contributed by atoms with Crippen molar-refractivity contribution in [3.05, 3.63) is 40.6 Å². The first-order valence-corrected chi connectivity index (χ1v) is 7.19. The van der Waals surface area contributed by atoms with Crippen LogP contribution < -0.4 is 10.6 Å². The molecule has 2 N–H and O–H groups in total. The molecule has 2 heterocycles. The number of pyridine rings is 1. The lowest BCUT2D eigenvalue weighted by atomic mass is 9.99. The van der Waals surface area contributed by atoms with Crippen molar-refractivity contribution in [3.63, 3.8) is 0 Å². The van der Waals surface area contributed by atoms with E-state index in [0.717, 1.165) is 30.5 Å². The summed E-state index contributed by atoms with van der Waals surface area (Å²) in [6.45, 7) is 3.20. The van der Waals surface area contributed by atoms with Crippen molar-refractivity contribution in [3.8, 4) is 0 Å². The SMILES string of the molecule is CC1NCCCC1Nc1ccnc2c([N+](=O)[O-])cccc12. The average molecular weight is 286 g/mol. The maximum Gasteiger partial charge on any atom is 0.295 e. The van der Waals surface area contributed by atoms with Gasteiger partial charge in [0.25, 0.3) is 5.69 Å². The van der Waals surface area contributed by atoms with Crippen LogP contribution in [0.15, 0.2) is 30.5 Å². The third kappa shape index (κ3) is 2.67. The third-order valence-electron chi connectivity index (χ3n) is 4.05. The molecule has 1 aliphatic rings. The maximum absolute atomic E-state index is 11.1. The van der Waals surface area contributed by atoms with Crippen LogP contribution in [0.1, 0.15) is 19.8 Å². The molecule has 2 atom stereocenters. The van der Waals surface area contributed by atoms with Crippen LogP contribution in [-0.2, 0) is 0 Å². The number of hydrogen-bond acceptors (Lipinski definition) is 5. The molecular formula is C15H18N4O2. The number of piperidine rings is 1. The summed E-state index contributed by atoms with van der Waals surface area (Å²) in [7, 11) is 0. The minimum absolute atomic E-state index is 0.0472. The van der Waals surface area contributed by atoms with E-state index in [0.29, 0.717) is 17.6 Å². The van der Waals surface area contributed by atoms with Gasteiger partial charge in [-0.1, -0.05) is 12.1 Å². The fourth-order valence-corrected chi connectivity index (χ4v) is 2.87. The van der Waals surface area contributed by atoms with E-state index in [4.69, 9.17) is 0 Å². The molecule has 0 spiro atoms. The minimum Gasteiger partial charge on any atom is -0.380 e. The number of nitrogens with one attached hydrogen (secondary N) is 2. The van der Waals surface area contributed by atoms with Crippen molar-refractivity contribution in [1.29, 1.82) is 0 Å². The molecule has 1 aliphatic heterocycles. The van der Waals surface area contributed by atoms with Crippen LogP contribution in [0.2, 0.25) is 0 Å². The summed E-state index contributed by atoms with van der Waals surface area (Å²) in [5, 5.41) is 18.9. The van der Waals surface area contributed by atoms with Gasteiger partial charge >= 0.3 is 0 Å². The first kappa shape index (κ1) is 13.8. The molecule has 1 aromatic carbocycles. The molecule has 1 aromatic heterocycles. The van der Waals surface area contributed by atoms with Crippen LogP contribution in [0, 0.1) is 10.1 Å². The Kier molecular flexibility index (Phi) is 3.70. The summed E-state index contributed by atoms with van der Waals surface area (Å²) in [5.74, 6) is 0. The molecular weight excluding hydrogens is 268 g/mol. The zero-order valence-electron chi connectivity index (χ0n) is 11.9. The minimum atomic E-state index is -0.385. The molecule has 2 unspecified atom stereocenters. The van der Waals surface area contributed by atoms with Gasteiger partial charge in [-0.25, -0.2) is 4.98 Å². The molecule has 3 rings (SSSR count). The van der Waals surface area contributed by atoms with Gasteiger partial charge in [0, 0.05) is 35.4 Å². The number of nitrogens with zero attached hydrogens (tertiary/aromatic N) is 2. The van der Waals surface area contributed by atoms with Gasteiger partial charge in [0.2, 0.25) is 0 Å². The summed E-state index contributed by atoms with van der Waals surface area (Å²) in [6, 6.07) is 7.65. The van der Waals surface area contributed by atoms with Gasteiger partial charge in [-0.3, -0.25) is 10.1 Å². The van der Waals surface area contributed by atoms with Crippen LogP contribution >= 0.6 is 0 Å². The number of anilines is 1. The second-order valence-corrected chi connectivity index (χ2v) is 5.42. The van der Waals surface area contributed by atoms with Crippen molar-refractivity contribution in [2.24, 2.45) is 0 Å². The first-order valence-electron chi connectivity index (χ1n) is 7.19. The highest BCUT2D eigenvalue weighted by atomic mass is 16.6. The molecule has 21 heavy (non-hydrogen) atoms. The normalized spacial score (nSPS) is 22.1. The Bertz CT molecular complexity index is 674. The second kappa shape index (κ2) is 5.65. The predicted octanol–water partition coefficient (Wildman–Crippen LogP) is 2.70. The Hall–Kier alpha value is -2.21. The van der Waals surface area contributed by atoms with E-state index in [-0.39, 0.29) is 10.6 Å². The third-order valence-corrected chi connectivity index (χ3v) is 4.05. The number of nitro groups is 1. The lowest BCUT2D eigenvalue weighted by Crippen LogP contribution is -2.46. The van der Waals surface area contributed by atoms with E-state index in [1.54, 1.807) is 12.3 Å². The van der Waals surface area contributed by atoms with Crippen molar-refractivity contribution >= 4 is 22.3 Å². The molecule has 2 aromatic rings. The number of benzene rings is 1. The Labute approximate surface area is 122 Å². The Morgan fingerprint density at radius 3 is 3.05 bits per heavy atom. The van der Waals surface area contributed by atoms with E-state index in [1.165, 1.54) is 6.07 Å². The summed E-state index contributed by atoms with van der Waals surface area (Å²) >= 11 is 0. The number of nitro benzene ring substituents is 1. The zero-order valence-corrected chi connectivity index (χ0v) is 11.9. The molecule has 6 nitrogen and oxygen atoms in total. The smallest absolute Gasteiger partial charge is 0.295 e. The first-order chi connectivity index (χ1) is 10.2. The number of fused-ring (bicyclic) bond motifs is 1. The highest BCUT2D eigenvalue weighted by Gasteiger charge is 2.22. The van der Waals surface area contributed by atoms with Crippen molar-refractivity contribution in [2.75, 3.05) is 11.9 Å². The van der Waals surface area contributed by atoms with E-state index < -0.39 is 0 Å². The topological polar surface area (TPSA) is 80.1 Å². The predicted molar refractivity (Wildman–Crippen MR) is 82.5 cm³/mol. The Morgan fingerprint density at radius 1 is 1.43 bits per heavy atom. The van der Waals surface area contributed by atoms with Gasteiger partial charge < -0.3 is 10.6 Å². The van der Waals surface area contributed by atoms with E-state index in [1.807, 2.05) is 12.1 Å². The van der Waals surface area contributed by atoms with E-state index >= 15 is 0 Å². The Morgan fingerprint density at radius 2 is 2.29 bits per heavy atom. The number of rotatable bonds is 3. The van der Waals surface area contributed by atoms with Crippen LogP contribution in [0.5, 0.6) is 0 Å². The summed E-state index contributed by atoms with van der Waals surface area (Å²) in [4.78, 5) is 14.9. The quantitative estimate of drug-likeness (QED) is 0.670. The van der Waals surface area contributed by atoms with Gasteiger partial charge in [0.1, 0.15) is 5.52 Å². The van der Waals surface area contributed by atoms with Crippen molar-refractivity contribution < 1.29 is 4.92 Å². The van der Waals surface area contributed by atoms with Gasteiger partial charge in [0.05, 0.1) is 4.92 Å². The molecule has 0 aliphatic carbocycles. The summed E-state index contributed by atoms with van der Waals surface area (Å²) < 4.78 is 0. The van der Waals surface area contributed by atoms with Crippen molar-refractivity contribution in [1.82, 2.24) is 10.3 Å². The van der Waals surface area contributed by atoms with Crippen LogP contribution in [-0.4, -0.2) is 28.5 Å². The van der Waals surface area contributed by atoms with Gasteiger partial charge in [-0.15, -0.1) is 0 Å². The van der Waals surface area contributed by atoms with Crippen LogP contribution in [0.3, 0.4) is 0 Å². The van der Waals surface area contributed by atoms with E-state index in [2.05, 4.69) is 22.5 Å². The van der Waals surface area contributed by atoms with Crippen LogP contribution in [0.4, 0.5) is 11.4 Å². The van der Waals surface area contributed by atoms with Crippen molar-refractivity contribution in [2.45, 2.75) is 31.8 Å². The number of aromatic nitrogens is 1. The number of non-ortho nitro benzene ring substituents is 1. The van der Waals surface area contributed by atoms with Gasteiger partial charge in [-0.05, 0) is 32.4 Å². The largest absolute Gasteiger partial charge is 0.380 e. The number of hydrogen-bond donors (Lipinski definition) is 2. The molecule has 1 saturated heterocycles. The number of para-hydroxylation sites is 1. The summed E-state index contributed by atoms with van der Waals surface area (Å²) in [5.41, 5.74) is 1.39. The van der Waals surface area contributed by atoms with E-state index in [9.17, 15) is 10.1 Å². The fourth-order valence-electron chi connectivity index (χ4n) is 2.87. The standard InChI is InChI=1S/C15H18N4O2/c1-10-12(5-3-8-16-10)18-13-7-9-17-15-11(13)4-2-6-14(15)19(20)21/h2,4,6-7,9-10,12,16H,3,5,8H2,1H3,(H,17,18). The molecule has 0 bridgehead atoms. The fraction of sp³-hybridized carbons (Fsp3) is 0.400. The van der Waals surface area contributed by atoms with Gasteiger partial charge in [0.15, 0.2) is 0 Å². The average Bonchev–Trinajstić information content (AvgIpc) is 2.49. The molecule has 1 fully saturated rings. The zero-order chi connectivity index (χ0) is 14.8.